The number of nitrogens with zero attached hydrogens (tertiary/aromatic N) is 1. The first-order valence-corrected chi connectivity index (χ1v) is 7.49. The van der Waals surface area contributed by atoms with Crippen molar-refractivity contribution in [2.24, 2.45) is 0 Å². The predicted octanol–water partition coefficient (Wildman–Crippen LogP) is 3.82. The van der Waals surface area contributed by atoms with Gasteiger partial charge >= 0.3 is 0 Å². The molecule has 0 fully saturated rings. The fourth-order valence-corrected chi connectivity index (χ4v) is 2.92. The standard InChI is InChI=1S/C17H14N2OS/c18-14-9-5-4-8-13(14)16(20)10-17-19-15(11-21-17)12-6-2-1-3-7-12/h1-9,11H,10,18H2. The Hall–Kier alpha value is -2.46. The highest BCUT2D eigenvalue weighted by Crippen LogP contribution is 2.23. The Bertz CT molecular complexity index is 765. The maximum atomic E-state index is 12.3. The molecule has 104 valence electrons. The Balaban J connectivity index is 1.79. The number of hydrogen-bond acceptors (Lipinski definition) is 4. The second-order valence-corrected chi connectivity index (χ2v) is 5.62. The number of hydrogen-bond donors (Lipinski definition) is 1. The van der Waals surface area contributed by atoms with Gasteiger partial charge in [-0.1, -0.05) is 42.5 Å². The van der Waals surface area contributed by atoms with Gasteiger partial charge in [-0.2, -0.15) is 0 Å². The normalized spacial score (nSPS) is 10.5. The Morgan fingerprint density at radius 1 is 1.05 bits per heavy atom. The van der Waals surface area contributed by atoms with Gasteiger partial charge in [-0.3, -0.25) is 4.79 Å². The Morgan fingerprint density at radius 3 is 2.52 bits per heavy atom. The van der Waals surface area contributed by atoms with Crippen LogP contribution in [0.4, 0.5) is 5.69 Å². The van der Waals surface area contributed by atoms with Gasteiger partial charge in [-0.05, 0) is 12.1 Å². The van der Waals surface area contributed by atoms with E-state index in [0.29, 0.717) is 11.3 Å². The lowest BCUT2D eigenvalue weighted by atomic mass is 10.1. The van der Waals surface area contributed by atoms with Gasteiger partial charge in [0.25, 0.3) is 0 Å². The number of thiazole rings is 1. The third-order valence-electron chi connectivity index (χ3n) is 3.19. The fourth-order valence-electron chi connectivity index (χ4n) is 2.12. The number of anilines is 1. The number of aromatic nitrogens is 1. The summed E-state index contributed by atoms with van der Waals surface area (Å²) in [5, 5.41) is 2.79. The molecule has 0 saturated heterocycles. The summed E-state index contributed by atoms with van der Waals surface area (Å²) in [6.45, 7) is 0. The highest BCUT2D eigenvalue weighted by molar-refractivity contribution is 7.10. The minimum atomic E-state index is 0.00191. The molecule has 0 aliphatic rings. The average molecular weight is 294 g/mol. The molecule has 2 N–H and O–H groups in total. The van der Waals surface area contributed by atoms with Crippen LogP contribution >= 0.6 is 11.3 Å². The van der Waals surface area contributed by atoms with Crippen molar-refractivity contribution in [2.45, 2.75) is 6.42 Å². The molecule has 3 nitrogen and oxygen atoms in total. The first-order valence-electron chi connectivity index (χ1n) is 6.61. The summed E-state index contributed by atoms with van der Waals surface area (Å²) in [6, 6.07) is 17.1. The van der Waals surface area contributed by atoms with Crippen molar-refractivity contribution in [3.05, 3.63) is 70.5 Å². The Kier molecular flexibility index (Phi) is 3.79. The molecule has 2 aromatic carbocycles. The number of rotatable bonds is 4. The van der Waals surface area contributed by atoms with Gasteiger partial charge in [-0.15, -0.1) is 11.3 Å². The molecule has 0 atom stereocenters. The second-order valence-electron chi connectivity index (χ2n) is 4.68. The molecule has 0 radical (unpaired) electrons. The van der Waals surface area contributed by atoms with Crippen LogP contribution in [-0.2, 0) is 6.42 Å². The van der Waals surface area contributed by atoms with Gasteiger partial charge in [0.1, 0.15) is 5.01 Å². The molecule has 3 rings (SSSR count). The van der Waals surface area contributed by atoms with E-state index in [9.17, 15) is 4.79 Å². The zero-order chi connectivity index (χ0) is 14.7. The minimum Gasteiger partial charge on any atom is -0.398 e. The maximum absolute atomic E-state index is 12.3. The van der Waals surface area contributed by atoms with E-state index in [1.165, 1.54) is 11.3 Å². The molecule has 0 unspecified atom stereocenters. The van der Waals surface area contributed by atoms with Crippen molar-refractivity contribution in [1.29, 1.82) is 0 Å². The highest BCUT2D eigenvalue weighted by atomic mass is 32.1. The molecule has 1 heterocycles. The largest absolute Gasteiger partial charge is 0.398 e. The van der Waals surface area contributed by atoms with Crippen LogP contribution in [0.15, 0.2) is 60.0 Å². The number of carbonyl (C=O) groups excluding carboxylic acids is 1. The highest BCUT2D eigenvalue weighted by Gasteiger charge is 2.13. The molecule has 4 heteroatoms. The van der Waals surface area contributed by atoms with Gasteiger partial charge in [0.15, 0.2) is 5.78 Å². The lowest BCUT2D eigenvalue weighted by Crippen LogP contribution is -2.06. The summed E-state index contributed by atoms with van der Waals surface area (Å²) in [7, 11) is 0. The van der Waals surface area contributed by atoms with Crippen molar-refractivity contribution in [1.82, 2.24) is 4.98 Å². The van der Waals surface area contributed by atoms with E-state index in [2.05, 4.69) is 4.98 Å². The van der Waals surface area contributed by atoms with Crippen LogP contribution in [0.1, 0.15) is 15.4 Å². The number of nitrogen functional groups attached to an aromatic ring is 1. The first kappa shape index (κ1) is 13.5. The van der Waals surface area contributed by atoms with Crippen molar-refractivity contribution in [2.75, 3.05) is 5.73 Å². The third kappa shape index (κ3) is 3.01. The zero-order valence-electron chi connectivity index (χ0n) is 11.3. The number of ketones is 1. The quantitative estimate of drug-likeness (QED) is 0.588. The predicted molar refractivity (Wildman–Crippen MR) is 86.4 cm³/mol. The average Bonchev–Trinajstić information content (AvgIpc) is 2.97. The van der Waals surface area contributed by atoms with Gasteiger partial charge in [-0.25, -0.2) is 4.98 Å². The molecule has 0 bridgehead atoms. The van der Waals surface area contributed by atoms with Crippen LogP contribution in [0.5, 0.6) is 0 Å². The number of nitrogens with two attached hydrogens (primary N) is 1. The topological polar surface area (TPSA) is 56.0 Å². The summed E-state index contributed by atoms with van der Waals surface area (Å²) in [4.78, 5) is 16.8. The van der Waals surface area contributed by atoms with E-state index in [4.69, 9.17) is 5.73 Å². The number of carbonyl (C=O) groups is 1. The van der Waals surface area contributed by atoms with Crippen molar-refractivity contribution in [3.8, 4) is 11.3 Å². The van der Waals surface area contributed by atoms with Crippen LogP contribution in [0.2, 0.25) is 0 Å². The lowest BCUT2D eigenvalue weighted by Gasteiger charge is -2.02. The van der Waals surface area contributed by atoms with Crippen LogP contribution in [0.25, 0.3) is 11.3 Å². The summed E-state index contributed by atoms with van der Waals surface area (Å²) in [5.74, 6) is 0.00191. The molecule has 0 spiro atoms. The molecular formula is C17H14N2OS. The SMILES string of the molecule is Nc1ccccc1C(=O)Cc1nc(-c2ccccc2)cs1. The molecule has 3 aromatic rings. The number of Topliss-reactive ketones (excluding diaryl/α,β-unsaturated/α-hetero) is 1. The second kappa shape index (κ2) is 5.89. The zero-order valence-corrected chi connectivity index (χ0v) is 12.1. The Labute approximate surface area is 127 Å². The van der Waals surface area contributed by atoms with Crippen LogP contribution < -0.4 is 5.73 Å². The molecule has 0 saturated carbocycles. The fraction of sp³-hybridized carbons (Fsp3) is 0.0588. The summed E-state index contributed by atoms with van der Waals surface area (Å²) < 4.78 is 0. The Morgan fingerprint density at radius 2 is 1.76 bits per heavy atom. The van der Waals surface area contributed by atoms with E-state index in [1.54, 1.807) is 12.1 Å². The van der Waals surface area contributed by atoms with E-state index >= 15 is 0 Å². The van der Waals surface area contributed by atoms with Crippen molar-refractivity contribution >= 4 is 22.8 Å². The van der Waals surface area contributed by atoms with E-state index in [0.717, 1.165) is 16.3 Å². The molecule has 0 aliphatic carbocycles. The van der Waals surface area contributed by atoms with Crippen LogP contribution in [-0.4, -0.2) is 10.8 Å². The van der Waals surface area contributed by atoms with Crippen molar-refractivity contribution in [3.63, 3.8) is 0 Å². The monoisotopic (exact) mass is 294 g/mol. The van der Waals surface area contributed by atoms with Gasteiger partial charge in [0.05, 0.1) is 12.1 Å². The van der Waals surface area contributed by atoms with Crippen LogP contribution in [0.3, 0.4) is 0 Å². The van der Waals surface area contributed by atoms with Crippen molar-refractivity contribution < 1.29 is 4.79 Å². The minimum absolute atomic E-state index is 0.00191. The maximum Gasteiger partial charge on any atom is 0.171 e. The van der Waals surface area contributed by atoms with Gasteiger partial charge in [0.2, 0.25) is 0 Å². The van der Waals surface area contributed by atoms with E-state index in [1.807, 2.05) is 47.8 Å². The molecular weight excluding hydrogens is 280 g/mol. The molecule has 21 heavy (non-hydrogen) atoms. The molecule has 1 aromatic heterocycles. The van der Waals surface area contributed by atoms with E-state index < -0.39 is 0 Å². The third-order valence-corrected chi connectivity index (χ3v) is 4.04. The number of benzene rings is 2. The number of para-hydroxylation sites is 1. The van der Waals surface area contributed by atoms with Gasteiger partial charge in [0, 0.05) is 22.2 Å². The summed E-state index contributed by atoms with van der Waals surface area (Å²) >= 11 is 1.50. The molecule has 0 aliphatic heterocycles. The smallest absolute Gasteiger partial charge is 0.171 e. The van der Waals surface area contributed by atoms with Crippen LogP contribution in [0, 0.1) is 0 Å². The van der Waals surface area contributed by atoms with E-state index in [-0.39, 0.29) is 12.2 Å². The summed E-state index contributed by atoms with van der Waals surface area (Å²) in [6.07, 6.45) is 0.283. The van der Waals surface area contributed by atoms with Gasteiger partial charge < -0.3 is 5.73 Å². The molecule has 0 amide bonds. The lowest BCUT2D eigenvalue weighted by molar-refractivity contribution is 0.0994. The first-order chi connectivity index (χ1) is 10.2. The summed E-state index contributed by atoms with van der Waals surface area (Å²) in [5.41, 5.74) is 8.88.